The van der Waals surface area contributed by atoms with Gasteiger partial charge in [-0.15, -0.1) is 0 Å². The number of hydrogen-bond acceptors (Lipinski definition) is 3. The van der Waals surface area contributed by atoms with Crippen molar-refractivity contribution >= 4 is 17.4 Å². The lowest BCUT2D eigenvalue weighted by molar-refractivity contribution is -0.121. The Morgan fingerprint density at radius 2 is 1.63 bits per heavy atom. The smallest absolute Gasteiger partial charge is 0.232 e. The summed E-state index contributed by atoms with van der Waals surface area (Å²) < 4.78 is 0. The van der Waals surface area contributed by atoms with Crippen LogP contribution in [0.15, 0.2) is 65.9 Å². The van der Waals surface area contributed by atoms with Crippen molar-refractivity contribution in [3.63, 3.8) is 0 Å². The maximum Gasteiger partial charge on any atom is 0.232 e. The lowest BCUT2D eigenvalue weighted by atomic mass is 9.69. The largest absolute Gasteiger partial charge is 0.506 e. The van der Waals surface area contributed by atoms with Crippen molar-refractivity contribution < 1.29 is 14.7 Å². The molecule has 138 valence electrons. The van der Waals surface area contributed by atoms with E-state index >= 15 is 0 Å². The zero-order chi connectivity index (χ0) is 19.2. The van der Waals surface area contributed by atoms with Gasteiger partial charge in [0.2, 0.25) is 5.91 Å². The number of hydrogen-bond donors (Lipinski definition) is 1. The average molecular weight is 361 g/mol. The van der Waals surface area contributed by atoms with E-state index < -0.39 is 0 Å². The number of amides is 1. The standard InChI is InChI=1S/C23H23NO3/c1-23(2)13-18-22(20(26)14-23)16(15-8-4-3-5-9-15)12-21(27)24(18)17-10-6-7-11-19(17)25/h3-11,16,25H,12-14H2,1-2H3. The SMILES string of the molecule is CC1(C)CC(=O)C2=C(C1)N(c1ccccc1O)C(=O)CC2c1ccccc1. The van der Waals surface area contributed by atoms with Crippen molar-refractivity contribution in [2.75, 3.05) is 4.90 Å². The molecule has 4 nitrogen and oxygen atoms in total. The topological polar surface area (TPSA) is 57.6 Å². The Balaban J connectivity index is 1.92. The van der Waals surface area contributed by atoms with Crippen LogP contribution in [0.5, 0.6) is 5.75 Å². The zero-order valence-electron chi connectivity index (χ0n) is 15.6. The molecule has 0 bridgehead atoms. The predicted molar refractivity (Wildman–Crippen MR) is 104 cm³/mol. The summed E-state index contributed by atoms with van der Waals surface area (Å²) in [6.45, 7) is 4.10. The monoisotopic (exact) mass is 361 g/mol. The number of allylic oxidation sites excluding steroid dienone is 2. The number of rotatable bonds is 2. The van der Waals surface area contributed by atoms with Gasteiger partial charge in [-0.05, 0) is 29.5 Å². The number of phenols is 1. The summed E-state index contributed by atoms with van der Waals surface area (Å²) in [5.74, 6) is -0.163. The number of carbonyl (C=O) groups is 2. The molecular formula is C23H23NO3. The van der Waals surface area contributed by atoms with Gasteiger partial charge in [-0.2, -0.15) is 0 Å². The summed E-state index contributed by atoms with van der Waals surface area (Å²) in [7, 11) is 0. The molecular weight excluding hydrogens is 338 g/mol. The lowest BCUT2D eigenvalue weighted by Gasteiger charge is -2.43. The Hall–Kier alpha value is -2.88. The van der Waals surface area contributed by atoms with Gasteiger partial charge in [0.1, 0.15) is 5.75 Å². The molecule has 1 heterocycles. The molecule has 0 saturated heterocycles. The second kappa shape index (κ2) is 6.38. The summed E-state index contributed by atoms with van der Waals surface area (Å²) in [6, 6.07) is 16.6. The molecule has 0 saturated carbocycles. The van der Waals surface area contributed by atoms with Crippen molar-refractivity contribution in [2.24, 2.45) is 5.41 Å². The number of carbonyl (C=O) groups excluding carboxylic acids is 2. The highest BCUT2D eigenvalue weighted by molar-refractivity contribution is 6.08. The molecule has 1 N–H and O–H groups in total. The number of para-hydroxylation sites is 2. The molecule has 2 aromatic rings. The van der Waals surface area contributed by atoms with E-state index in [1.165, 1.54) is 0 Å². The van der Waals surface area contributed by atoms with Crippen molar-refractivity contribution in [3.05, 3.63) is 71.4 Å². The third-order valence-electron chi connectivity index (χ3n) is 5.47. The van der Waals surface area contributed by atoms with Crippen LogP contribution in [-0.2, 0) is 9.59 Å². The van der Waals surface area contributed by atoms with Crippen LogP contribution in [0.4, 0.5) is 5.69 Å². The molecule has 27 heavy (non-hydrogen) atoms. The fourth-order valence-corrected chi connectivity index (χ4v) is 4.32. The van der Waals surface area contributed by atoms with Crippen LogP contribution in [-0.4, -0.2) is 16.8 Å². The first-order valence-electron chi connectivity index (χ1n) is 9.29. The molecule has 4 rings (SSSR count). The minimum atomic E-state index is -0.225. The molecule has 1 aliphatic carbocycles. The number of nitrogens with zero attached hydrogens (tertiary/aromatic N) is 1. The van der Waals surface area contributed by atoms with Gasteiger partial charge in [0.05, 0.1) is 5.69 Å². The van der Waals surface area contributed by atoms with E-state index in [1.807, 2.05) is 44.2 Å². The van der Waals surface area contributed by atoms with Crippen LogP contribution < -0.4 is 4.90 Å². The second-order valence-corrected chi connectivity index (χ2v) is 8.19. The summed E-state index contributed by atoms with van der Waals surface area (Å²) in [5, 5.41) is 10.3. The highest BCUT2D eigenvalue weighted by Gasteiger charge is 2.44. The first kappa shape index (κ1) is 17.5. The first-order valence-corrected chi connectivity index (χ1v) is 9.29. The summed E-state index contributed by atoms with van der Waals surface area (Å²) in [6.07, 6.45) is 1.32. The van der Waals surface area contributed by atoms with E-state index in [9.17, 15) is 14.7 Å². The van der Waals surface area contributed by atoms with E-state index in [1.54, 1.807) is 29.2 Å². The van der Waals surface area contributed by atoms with Gasteiger partial charge in [-0.1, -0.05) is 56.3 Å². The number of anilines is 1. The van der Waals surface area contributed by atoms with Gasteiger partial charge >= 0.3 is 0 Å². The van der Waals surface area contributed by atoms with Crippen molar-refractivity contribution in [1.82, 2.24) is 0 Å². The molecule has 4 heteroatoms. The zero-order valence-corrected chi connectivity index (χ0v) is 15.6. The average Bonchev–Trinajstić information content (AvgIpc) is 2.62. The highest BCUT2D eigenvalue weighted by atomic mass is 16.3. The van der Waals surface area contributed by atoms with Gasteiger partial charge in [0.25, 0.3) is 0 Å². The quantitative estimate of drug-likeness (QED) is 0.853. The lowest BCUT2D eigenvalue weighted by Crippen LogP contribution is -2.43. The Morgan fingerprint density at radius 1 is 0.963 bits per heavy atom. The first-order chi connectivity index (χ1) is 12.9. The number of ketones is 1. The maximum atomic E-state index is 13.2. The van der Waals surface area contributed by atoms with Crippen molar-refractivity contribution in [2.45, 2.75) is 39.0 Å². The van der Waals surface area contributed by atoms with E-state index in [0.717, 1.165) is 16.8 Å². The van der Waals surface area contributed by atoms with Crippen molar-refractivity contribution in [3.8, 4) is 5.75 Å². The minimum absolute atomic E-state index is 0.0479. The van der Waals surface area contributed by atoms with Crippen LogP contribution in [0.2, 0.25) is 0 Å². The summed E-state index contributed by atoms with van der Waals surface area (Å²) in [4.78, 5) is 27.9. The van der Waals surface area contributed by atoms with E-state index in [4.69, 9.17) is 0 Å². The molecule has 1 unspecified atom stereocenters. The van der Waals surface area contributed by atoms with Crippen LogP contribution in [0, 0.1) is 5.41 Å². The van der Waals surface area contributed by atoms with Gasteiger partial charge in [-0.25, -0.2) is 0 Å². The number of Topliss-reactive ketones (excluding diaryl/α,β-unsaturated/α-hetero) is 1. The van der Waals surface area contributed by atoms with Gasteiger partial charge in [0, 0.05) is 30.0 Å². The van der Waals surface area contributed by atoms with Crippen LogP contribution in [0.1, 0.15) is 44.6 Å². The number of phenolic OH excluding ortho intramolecular Hbond substituents is 1. The molecule has 0 aromatic heterocycles. The third-order valence-corrected chi connectivity index (χ3v) is 5.47. The summed E-state index contributed by atoms with van der Waals surface area (Å²) >= 11 is 0. The Labute approximate surface area is 159 Å². The van der Waals surface area contributed by atoms with Gasteiger partial charge in [-0.3, -0.25) is 14.5 Å². The van der Waals surface area contributed by atoms with Gasteiger partial charge < -0.3 is 5.11 Å². The summed E-state index contributed by atoms with van der Waals surface area (Å²) in [5.41, 5.74) is 2.68. The number of benzene rings is 2. The molecule has 0 spiro atoms. The normalized spacial score (nSPS) is 22.0. The highest BCUT2D eigenvalue weighted by Crippen LogP contribution is 2.49. The Kier molecular flexibility index (Phi) is 4.14. The van der Waals surface area contributed by atoms with E-state index in [-0.39, 0.29) is 35.2 Å². The van der Waals surface area contributed by atoms with Crippen LogP contribution in [0.25, 0.3) is 0 Å². The fourth-order valence-electron chi connectivity index (χ4n) is 4.32. The molecule has 2 aromatic carbocycles. The molecule has 0 radical (unpaired) electrons. The van der Waals surface area contributed by atoms with E-state index in [2.05, 4.69) is 0 Å². The Morgan fingerprint density at radius 3 is 2.33 bits per heavy atom. The third kappa shape index (κ3) is 3.05. The second-order valence-electron chi connectivity index (χ2n) is 8.19. The predicted octanol–water partition coefficient (Wildman–Crippen LogP) is 4.56. The number of aromatic hydroxyl groups is 1. The molecule has 1 atom stereocenters. The van der Waals surface area contributed by atoms with Crippen molar-refractivity contribution in [1.29, 1.82) is 0 Å². The van der Waals surface area contributed by atoms with Crippen LogP contribution in [0.3, 0.4) is 0 Å². The van der Waals surface area contributed by atoms with E-state index in [0.29, 0.717) is 18.5 Å². The Bertz CT molecular complexity index is 943. The molecule has 1 aliphatic heterocycles. The minimum Gasteiger partial charge on any atom is -0.506 e. The fraction of sp³-hybridized carbons (Fsp3) is 0.304. The molecule has 0 fully saturated rings. The molecule has 2 aliphatic rings. The van der Waals surface area contributed by atoms with Crippen LogP contribution >= 0.6 is 0 Å². The maximum absolute atomic E-state index is 13.2. The molecule has 1 amide bonds. The van der Waals surface area contributed by atoms with Gasteiger partial charge in [0.15, 0.2) is 5.78 Å².